The molecule has 1 saturated heterocycles. The van der Waals surface area contributed by atoms with Crippen molar-refractivity contribution in [2.24, 2.45) is 0 Å². The number of ether oxygens (including phenoxy) is 1. The second-order valence-electron chi connectivity index (χ2n) is 4.59. The monoisotopic (exact) mass is 248 g/mol. The number of carbonyl (C=O) groups excluding carboxylic acids is 1. The molecule has 1 aromatic rings. The minimum absolute atomic E-state index is 0.0734. The molecule has 18 heavy (non-hydrogen) atoms. The highest BCUT2D eigenvalue weighted by molar-refractivity contribution is 5.99. The molecule has 1 fully saturated rings. The summed E-state index contributed by atoms with van der Waals surface area (Å²) in [5.41, 5.74) is 0.787. The molecule has 5 heteroatoms. The Labute approximate surface area is 105 Å². The Bertz CT molecular complexity index is 463. The van der Waals surface area contributed by atoms with Gasteiger partial charge < -0.3 is 20.1 Å². The summed E-state index contributed by atoms with van der Waals surface area (Å²) in [6.07, 6.45) is 0.0371. The number of rotatable bonds is 1. The topological polar surface area (TPSA) is 61.8 Å². The van der Waals surface area contributed by atoms with Crippen molar-refractivity contribution < 1.29 is 14.6 Å². The fourth-order valence-electron chi connectivity index (χ4n) is 2.51. The van der Waals surface area contributed by atoms with Crippen LogP contribution in [0.3, 0.4) is 0 Å². The van der Waals surface area contributed by atoms with Crippen LogP contribution in [-0.4, -0.2) is 42.9 Å². The lowest BCUT2D eigenvalue weighted by atomic mass is 10.1. The molecule has 0 unspecified atom stereocenters. The Balaban J connectivity index is 1.87. The number of nitrogens with one attached hydrogen (secondary N) is 1. The van der Waals surface area contributed by atoms with Gasteiger partial charge in [-0.2, -0.15) is 0 Å². The van der Waals surface area contributed by atoms with Gasteiger partial charge in [-0.05, 0) is 25.1 Å². The molecule has 0 aliphatic carbocycles. The molecule has 96 valence electrons. The Morgan fingerprint density at radius 1 is 1.44 bits per heavy atom. The minimum Gasteiger partial charge on any atom is -0.490 e. The van der Waals surface area contributed by atoms with Gasteiger partial charge in [-0.25, -0.2) is 0 Å². The first-order valence-corrected chi connectivity index (χ1v) is 6.22. The summed E-state index contributed by atoms with van der Waals surface area (Å²) >= 11 is 0. The smallest absolute Gasteiger partial charge is 0.247 e. The normalized spacial score (nSPS) is 26.6. The molecule has 1 amide bonds. The van der Waals surface area contributed by atoms with E-state index in [9.17, 15) is 9.90 Å². The van der Waals surface area contributed by atoms with Gasteiger partial charge in [0.05, 0.1) is 18.3 Å². The summed E-state index contributed by atoms with van der Waals surface area (Å²) in [6.45, 7) is 1.70. The van der Waals surface area contributed by atoms with Crippen LogP contribution in [0.1, 0.15) is 6.42 Å². The molecule has 3 rings (SSSR count). The van der Waals surface area contributed by atoms with Gasteiger partial charge in [-0.1, -0.05) is 12.1 Å². The van der Waals surface area contributed by atoms with Crippen molar-refractivity contribution in [2.75, 3.05) is 24.6 Å². The highest BCUT2D eigenvalue weighted by atomic mass is 16.5. The van der Waals surface area contributed by atoms with Crippen molar-refractivity contribution in [3.8, 4) is 5.75 Å². The molecule has 2 aliphatic heterocycles. The molecule has 2 aliphatic rings. The van der Waals surface area contributed by atoms with Crippen LogP contribution in [0.2, 0.25) is 0 Å². The van der Waals surface area contributed by atoms with E-state index in [-0.39, 0.29) is 5.91 Å². The summed E-state index contributed by atoms with van der Waals surface area (Å²) in [4.78, 5) is 14.1. The van der Waals surface area contributed by atoms with Crippen LogP contribution in [-0.2, 0) is 4.79 Å². The van der Waals surface area contributed by atoms with E-state index >= 15 is 0 Å². The number of nitrogens with zero attached hydrogens (tertiary/aromatic N) is 1. The summed E-state index contributed by atoms with van der Waals surface area (Å²) in [5.74, 6) is 0.653. The number of amides is 1. The maximum absolute atomic E-state index is 12.4. The molecular weight excluding hydrogens is 232 g/mol. The van der Waals surface area contributed by atoms with Crippen LogP contribution in [0, 0.1) is 0 Å². The summed E-state index contributed by atoms with van der Waals surface area (Å²) in [7, 11) is 0. The van der Waals surface area contributed by atoms with Crippen molar-refractivity contribution in [2.45, 2.75) is 18.6 Å². The summed E-state index contributed by atoms with van der Waals surface area (Å²) in [5, 5.41) is 12.8. The molecule has 1 aromatic carbocycles. The fourth-order valence-corrected chi connectivity index (χ4v) is 2.51. The molecule has 0 spiro atoms. The number of fused-ring (bicyclic) bond motifs is 1. The third-order valence-corrected chi connectivity index (χ3v) is 3.45. The van der Waals surface area contributed by atoms with Crippen LogP contribution in [0.4, 0.5) is 5.69 Å². The summed E-state index contributed by atoms with van der Waals surface area (Å²) in [6, 6.07) is 7.00. The van der Waals surface area contributed by atoms with Crippen LogP contribution in [0.15, 0.2) is 24.3 Å². The predicted molar refractivity (Wildman–Crippen MR) is 66.7 cm³/mol. The molecule has 0 aromatic heterocycles. The summed E-state index contributed by atoms with van der Waals surface area (Å²) < 4.78 is 5.52. The van der Waals surface area contributed by atoms with E-state index in [1.807, 2.05) is 24.3 Å². The molecule has 5 nitrogen and oxygen atoms in total. The number of aliphatic hydroxyl groups excluding tert-OH is 1. The Morgan fingerprint density at radius 3 is 3.06 bits per heavy atom. The quantitative estimate of drug-likeness (QED) is 0.742. The fraction of sp³-hybridized carbons (Fsp3) is 0.462. The molecule has 0 bridgehead atoms. The van der Waals surface area contributed by atoms with E-state index in [1.165, 1.54) is 0 Å². The number of para-hydroxylation sites is 2. The molecular formula is C13H16N2O3. The lowest BCUT2D eigenvalue weighted by Gasteiger charge is -2.31. The average Bonchev–Trinajstić information content (AvgIpc) is 2.83. The van der Waals surface area contributed by atoms with E-state index in [0.29, 0.717) is 26.1 Å². The van der Waals surface area contributed by atoms with Gasteiger partial charge in [-0.3, -0.25) is 4.79 Å². The van der Waals surface area contributed by atoms with Gasteiger partial charge in [-0.15, -0.1) is 0 Å². The molecule has 0 radical (unpaired) electrons. The predicted octanol–water partition coefficient (Wildman–Crippen LogP) is 0.135. The van der Waals surface area contributed by atoms with E-state index in [1.54, 1.807) is 4.90 Å². The lowest BCUT2D eigenvalue weighted by molar-refractivity contribution is -0.122. The number of anilines is 1. The zero-order valence-electron chi connectivity index (χ0n) is 10.0. The van der Waals surface area contributed by atoms with Gasteiger partial charge in [0.2, 0.25) is 5.91 Å². The first-order chi connectivity index (χ1) is 8.77. The lowest BCUT2D eigenvalue weighted by Crippen LogP contribution is -2.50. The standard InChI is InChI=1S/C13H16N2O3/c16-10-5-6-14-12(10)13(17)15-7-8-18-11-4-2-1-3-9(11)15/h1-4,10,12,14,16H,5-8H2/t10-,12+/m1/s1. The third kappa shape index (κ3) is 1.85. The van der Waals surface area contributed by atoms with Crippen molar-refractivity contribution in [3.05, 3.63) is 24.3 Å². The molecule has 2 atom stereocenters. The van der Waals surface area contributed by atoms with E-state index in [4.69, 9.17) is 4.74 Å². The van der Waals surface area contributed by atoms with Gasteiger partial charge in [0, 0.05) is 0 Å². The van der Waals surface area contributed by atoms with Crippen LogP contribution < -0.4 is 15.0 Å². The average molecular weight is 248 g/mol. The molecule has 0 saturated carbocycles. The van der Waals surface area contributed by atoms with Gasteiger partial charge in [0.15, 0.2) is 0 Å². The Kier molecular flexibility index (Phi) is 2.93. The van der Waals surface area contributed by atoms with E-state index in [2.05, 4.69) is 5.32 Å². The number of aliphatic hydroxyl groups is 1. The maximum atomic E-state index is 12.4. The highest BCUT2D eigenvalue weighted by Crippen LogP contribution is 2.31. The van der Waals surface area contributed by atoms with Gasteiger partial charge in [0.25, 0.3) is 0 Å². The second-order valence-corrected chi connectivity index (χ2v) is 4.59. The van der Waals surface area contributed by atoms with Crippen molar-refractivity contribution in [1.82, 2.24) is 5.32 Å². The number of benzene rings is 1. The first kappa shape index (κ1) is 11.5. The Morgan fingerprint density at radius 2 is 2.28 bits per heavy atom. The number of carbonyl (C=O) groups is 1. The van der Waals surface area contributed by atoms with Gasteiger partial charge in [0.1, 0.15) is 18.4 Å². The van der Waals surface area contributed by atoms with Crippen molar-refractivity contribution in [1.29, 1.82) is 0 Å². The van der Waals surface area contributed by atoms with E-state index in [0.717, 1.165) is 11.4 Å². The largest absolute Gasteiger partial charge is 0.490 e. The second kappa shape index (κ2) is 4.59. The maximum Gasteiger partial charge on any atom is 0.247 e. The van der Waals surface area contributed by atoms with Gasteiger partial charge >= 0.3 is 0 Å². The Hall–Kier alpha value is -1.59. The number of hydrogen-bond acceptors (Lipinski definition) is 4. The number of hydrogen-bond donors (Lipinski definition) is 2. The van der Waals surface area contributed by atoms with E-state index < -0.39 is 12.1 Å². The molecule has 2 heterocycles. The first-order valence-electron chi connectivity index (χ1n) is 6.22. The van der Waals surface area contributed by atoms with Crippen LogP contribution in [0.5, 0.6) is 5.75 Å². The van der Waals surface area contributed by atoms with Crippen LogP contribution in [0.25, 0.3) is 0 Å². The van der Waals surface area contributed by atoms with Crippen molar-refractivity contribution in [3.63, 3.8) is 0 Å². The third-order valence-electron chi connectivity index (χ3n) is 3.45. The van der Waals surface area contributed by atoms with Crippen LogP contribution >= 0.6 is 0 Å². The SMILES string of the molecule is O=C([C@H]1NCC[C@H]1O)N1CCOc2ccccc21. The highest BCUT2D eigenvalue weighted by Gasteiger charge is 2.36. The zero-order valence-corrected chi connectivity index (χ0v) is 10.0. The van der Waals surface area contributed by atoms with Crippen molar-refractivity contribution >= 4 is 11.6 Å². The zero-order chi connectivity index (χ0) is 12.5. The molecule has 2 N–H and O–H groups in total. The minimum atomic E-state index is -0.590.